The van der Waals surface area contributed by atoms with E-state index in [0.29, 0.717) is 37.4 Å². The molecule has 0 unspecified atom stereocenters. The van der Waals surface area contributed by atoms with Gasteiger partial charge in [-0.05, 0) is 71.1 Å². The molecule has 4 rings (SSSR count). The second-order valence-electron chi connectivity index (χ2n) is 7.98. The zero-order valence-corrected chi connectivity index (χ0v) is 19.3. The van der Waals surface area contributed by atoms with Gasteiger partial charge in [0.1, 0.15) is 12.4 Å². The van der Waals surface area contributed by atoms with Gasteiger partial charge >= 0.3 is 6.18 Å². The van der Waals surface area contributed by atoms with Crippen LogP contribution in [0, 0.1) is 0 Å². The monoisotopic (exact) mass is 521 g/mol. The molecule has 5 nitrogen and oxygen atoms in total. The average molecular weight is 522 g/mol. The summed E-state index contributed by atoms with van der Waals surface area (Å²) < 4.78 is 47.0. The molecular formula is C24H23BrF3N3O2. The van der Waals surface area contributed by atoms with Gasteiger partial charge in [0.05, 0.1) is 4.47 Å². The highest BCUT2D eigenvalue weighted by Gasteiger charge is 2.37. The Morgan fingerprint density at radius 1 is 1.15 bits per heavy atom. The molecule has 1 aliphatic rings. The van der Waals surface area contributed by atoms with E-state index in [4.69, 9.17) is 4.74 Å². The first-order chi connectivity index (χ1) is 15.8. The second-order valence-corrected chi connectivity index (χ2v) is 8.83. The van der Waals surface area contributed by atoms with Crippen LogP contribution in [-0.2, 0) is 19.3 Å². The fourth-order valence-electron chi connectivity index (χ4n) is 3.46. The maximum atomic E-state index is 13.0. The van der Waals surface area contributed by atoms with E-state index >= 15 is 0 Å². The summed E-state index contributed by atoms with van der Waals surface area (Å²) in [5, 5.41) is 6.55. The van der Waals surface area contributed by atoms with Gasteiger partial charge in [-0.25, -0.2) is 0 Å². The number of aryl methyl sites for hydroxylation is 1. The third-order valence-electron chi connectivity index (χ3n) is 5.38. The minimum Gasteiger partial charge on any atom is -0.488 e. The van der Waals surface area contributed by atoms with Crippen LogP contribution in [0.5, 0.6) is 5.75 Å². The highest BCUT2D eigenvalue weighted by atomic mass is 79.9. The fourth-order valence-corrected chi connectivity index (χ4v) is 3.86. The Kier molecular flexibility index (Phi) is 7.07. The summed E-state index contributed by atoms with van der Waals surface area (Å²) in [6.07, 6.45) is -2.17. The molecule has 0 spiro atoms. The predicted octanol–water partition coefficient (Wildman–Crippen LogP) is 5.94. The van der Waals surface area contributed by atoms with Crippen LogP contribution in [0.25, 0.3) is 0 Å². The first kappa shape index (κ1) is 23.4. The Morgan fingerprint density at radius 3 is 2.55 bits per heavy atom. The number of hydrogen-bond donors (Lipinski definition) is 1. The van der Waals surface area contributed by atoms with Crippen LogP contribution in [0.1, 0.15) is 52.5 Å². The lowest BCUT2D eigenvalue weighted by Gasteiger charge is -2.10. The molecule has 1 saturated carbocycles. The Morgan fingerprint density at radius 2 is 1.88 bits per heavy atom. The number of alkyl halides is 3. The van der Waals surface area contributed by atoms with Crippen molar-refractivity contribution in [2.75, 3.05) is 6.54 Å². The summed E-state index contributed by atoms with van der Waals surface area (Å²) in [5.74, 6) is 0.671. The van der Waals surface area contributed by atoms with Gasteiger partial charge in [0.15, 0.2) is 5.69 Å². The Balaban J connectivity index is 1.25. The molecule has 2 aromatic carbocycles. The highest BCUT2D eigenvalue weighted by Crippen LogP contribution is 2.42. The lowest BCUT2D eigenvalue weighted by molar-refractivity contribution is -0.141. The molecule has 0 bridgehead atoms. The molecule has 0 saturated heterocycles. The molecule has 33 heavy (non-hydrogen) atoms. The van der Waals surface area contributed by atoms with Gasteiger partial charge in [0.2, 0.25) is 0 Å². The quantitative estimate of drug-likeness (QED) is 0.354. The van der Waals surface area contributed by atoms with E-state index in [0.717, 1.165) is 34.7 Å². The molecule has 9 heteroatoms. The van der Waals surface area contributed by atoms with E-state index in [1.807, 2.05) is 36.4 Å². The number of ether oxygens (including phenoxy) is 1. The van der Waals surface area contributed by atoms with Gasteiger partial charge in [0.25, 0.3) is 5.91 Å². The molecule has 0 radical (unpaired) electrons. The van der Waals surface area contributed by atoms with Gasteiger partial charge < -0.3 is 10.1 Å². The van der Waals surface area contributed by atoms with Crippen molar-refractivity contribution < 1.29 is 22.7 Å². The van der Waals surface area contributed by atoms with Crippen molar-refractivity contribution in [1.82, 2.24) is 15.1 Å². The van der Waals surface area contributed by atoms with Crippen LogP contribution in [0.15, 0.2) is 59.1 Å². The Hall–Kier alpha value is -2.81. The number of nitrogens with zero attached hydrogens (tertiary/aromatic N) is 2. The van der Waals surface area contributed by atoms with Gasteiger partial charge in [-0.3, -0.25) is 9.48 Å². The molecule has 1 amide bonds. The normalized spacial score (nSPS) is 13.7. The van der Waals surface area contributed by atoms with Crippen LogP contribution in [0.2, 0.25) is 0 Å². The zero-order chi connectivity index (χ0) is 23.4. The van der Waals surface area contributed by atoms with Crippen molar-refractivity contribution in [2.24, 2.45) is 0 Å². The summed E-state index contributed by atoms with van der Waals surface area (Å²) in [4.78, 5) is 12.4. The van der Waals surface area contributed by atoms with Crippen molar-refractivity contribution in [2.45, 2.75) is 44.5 Å². The van der Waals surface area contributed by atoms with Crippen molar-refractivity contribution >= 4 is 21.8 Å². The van der Waals surface area contributed by atoms with Crippen molar-refractivity contribution in [1.29, 1.82) is 0 Å². The number of benzene rings is 2. The van der Waals surface area contributed by atoms with Gasteiger partial charge in [0, 0.05) is 30.3 Å². The number of carbonyl (C=O) groups is 1. The lowest BCUT2D eigenvalue weighted by Crippen LogP contribution is -2.25. The standard InChI is InChI=1S/C24H23BrF3N3O2/c25-19-4-1-2-5-21(19)33-15-16-6-8-18(9-7-16)23(32)29-12-3-13-31-20(17-10-11-17)14-22(30-31)24(26,27)28/h1-2,4-9,14,17H,3,10-13,15H2,(H,29,32). The molecule has 3 aromatic rings. The number of nitrogens with one attached hydrogen (secondary N) is 1. The van der Waals surface area contributed by atoms with Gasteiger partial charge in [-0.15, -0.1) is 0 Å². The molecule has 1 heterocycles. The highest BCUT2D eigenvalue weighted by molar-refractivity contribution is 9.10. The van der Waals surface area contributed by atoms with E-state index in [1.165, 1.54) is 4.68 Å². The number of para-hydroxylation sites is 1. The maximum absolute atomic E-state index is 13.0. The SMILES string of the molecule is O=C(NCCCn1nc(C(F)(F)F)cc1C1CC1)c1ccc(COc2ccccc2Br)cc1. The largest absolute Gasteiger partial charge is 0.488 e. The Bertz CT molecular complexity index is 1110. The smallest absolute Gasteiger partial charge is 0.435 e. The van der Waals surface area contributed by atoms with Crippen LogP contribution in [0.3, 0.4) is 0 Å². The minimum atomic E-state index is -4.45. The fraction of sp³-hybridized carbons (Fsp3) is 0.333. The van der Waals surface area contributed by atoms with Crippen LogP contribution in [0.4, 0.5) is 13.2 Å². The summed E-state index contributed by atoms with van der Waals surface area (Å²) in [5.41, 5.74) is 1.22. The molecule has 0 atom stereocenters. The predicted molar refractivity (Wildman–Crippen MR) is 121 cm³/mol. The maximum Gasteiger partial charge on any atom is 0.435 e. The van der Waals surface area contributed by atoms with Crippen molar-refractivity contribution in [3.05, 3.63) is 81.6 Å². The van der Waals surface area contributed by atoms with Gasteiger partial charge in [-0.2, -0.15) is 18.3 Å². The second kappa shape index (κ2) is 9.99. The summed E-state index contributed by atoms with van der Waals surface area (Å²) >= 11 is 3.44. The third kappa shape index (κ3) is 6.16. The Labute approximate surface area is 198 Å². The van der Waals surface area contributed by atoms with Crippen LogP contribution in [-0.4, -0.2) is 22.2 Å². The lowest BCUT2D eigenvalue weighted by atomic mass is 10.1. The molecule has 1 aromatic heterocycles. The molecule has 0 aliphatic heterocycles. The first-order valence-electron chi connectivity index (χ1n) is 10.7. The molecular weight excluding hydrogens is 499 g/mol. The summed E-state index contributed by atoms with van der Waals surface area (Å²) in [6.45, 7) is 1.04. The number of aromatic nitrogens is 2. The average Bonchev–Trinajstić information content (AvgIpc) is 3.54. The summed E-state index contributed by atoms with van der Waals surface area (Å²) in [7, 11) is 0. The first-order valence-corrected chi connectivity index (χ1v) is 11.5. The van der Waals surface area contributed by atoms with Crippen molar-refractivity contribution in [3.63, 3.8) is 0 Å². The van der Waals surface area contributed by atoms with E-state index in [1.54, 1.807) is 12.1 Å². The van der Waals surface area contributed by atoms with E-state index in [9.17, 15) is 18.0 Å². The number of carbonyl (C=O) groups excluding carboxylic acids is 1. The summed E-state index contributed by atoms with van der Waals surface area (Å²) in [6, 6.07) is 15.8. The number of amides is 1. The van der Waals surface area contributed by atoms with E-state index in [2.05, 4.69) is 26.3 Å². The number of halogens is 4. The zero-order valence-electron chi connectivity index (χ0n) is 17.7. The molecule has 1 fully saturated rings. The molecule has 1 N–H and O–H groups in total. The van der Waals surface area contributed by atoms with Crippen LogP contribution >= 0.6 is 15.9 Å². The van der Waals surface area contributed by atoms with E-state index < -0.39 is 11.9 Å². The number of hydrogen-bond acceptors (Lipinski definition) is 3. The molecule has 1 aliphatic carbocycles. The van der Waals surface area contributed by atoms with E-state index in [-0.39, 0.29) is 11.8 Å². The van der Waals surface area contributed by atoms with Crippen LogP contribution < -0.4 is 10.1 Å². The molecule has 174 valence electrons. The topological polar surface area (TPSA) is 56.2 Å². The minimum absolute atomic E-state index is 0.161. The number of rotatable bonds is 9. The third-order valence-corrected chi connectivity index (χ3v) is 6.03. The van der Waals surface area contributed by atoms with Gasteiger partial charge in [-0.1, -0.05) is 24.3 Å². The van der Waals surface area contributed by atoms with Crippen molar-refractivity contribution in [3.8, 4) is 5.75 Å².